The molecule has 9 rings (SSSR count). The van der Waals surface area contributed by atoms with Crippen LogP contribution in [0.25, 0.3) is 0 Å². The number of benzene rings is 5. The maximum atomic E-state index is 14.9. The van der Waals surface area contributed by atoms with Crippen LogP contribution in [0.5, 0.6) is 0 Å². The molecule has 0 aromatic heterocycles. The van der Waals surface area contributed by atoms with E-state index >= 15 is 0 Å². The molecule has 4 heterocycles. The van der Waals surface area contributed by atoms with Crippen LogP contribution in [0, 0.1) is 5.92 Å². The van der Waals surface area contributed by atoms with Crippen molar-refractivity contribution in [2.75, 3.05) is 15.1 Å². The van der Waals surface area contributed by atoms with Gasteiger partial charge in [-0.1, -0.05) is 117 Å². The number of rotatable bonds is 12. The first-order valence-electron chi connectivity index (χ1n) is 21.5. The van der Waals surface area contributed by atoms with E-state index in [4.69, 9.17) is 14.2 Å². The van der Waals surface area contributed by atoms with Gasteiger partial charge in [0.1, 0.15) is 25.4 Å². The highest BCUT2D eigenvalue weighted by Crippen LogP contribution is 2.55. The fraction of sp³-hybridized carbons (Fsp3) is 0.280. The number of hydrogen-bond acceptors (Lipinski definition) is 10. The number of carbonyl (C=O) groups is 6. The zero-order chi connectivity index (χ0) is 44.5. The number of nitrogens with zero attached hydrogens (tertiary/aromatic N) is 3. The van der Waals surface area contributed by atoms with E-state index in [0.29, 0.717) is 28.2 Å². The van der Waals surface area contributed by atoms with Crippen LogP contribution >= 0.6 is 0 Å². The van der Waals surface area contributed by atoms with Gasteiger partial charge in [-0.2, -0.15) is 0 Å². The molecule has 1 saturated heterocycles. The van der Waals surface area contributed by atoms with Crippen LogP contribution in [0.2, 0.25) is 0 Å². The van der Waals surface area contributed by atoms with Crippen molar-refractivity contribution in [3.8, 4) is 0 Å². The number of anilines is 3. The normalized spacial score (nSPS) is 21.7. The standard InChI is InChI=1S/C50H47N5O9/c1-31(2)27-41-47(60)54-40-24-14-11-21-36(40)50(48(54)55(41)49(61)63-30-33-17-7-4-8-18-33,64-43(57)26-25-42(56)62-29-32-15-5-3-6-16-32)28-38-44-51-37-22-12-9-19-34(37)46(59)53(44)39-23-13-10-20-35(39)45(58)52-38/h3-24,31,38,41,44,48,51H,25-30H2,1-2H3,(H,52,58)/t38-,41-,44?,48+,50-/m0/s1. The molecule has 0 saturated carbocycles. The van der Waals surface area contributed by atoms with Crippen molar-refractivity contribution in [1.82, 2.24) is 10.2 Å². The highest BCUT2D eigenvalue weighted by atomic mass is 16.6. The Kier molecular flexibility index (Phi) is 11.3. The number of ether oxygens (including phenoxy) is 3. The molecule has 2 N–H and O–H groups in total. The van der Waals surface area contributed by atoms with Crippen molar-refractivity contribution in [2.45, 2.75) is 82.8 Å². The van der Waals surface area contributed by atoms with Gasteiger partial charge in [-0.3, -0.25) is 38.7 Å². The van der Waals surface area contributed by atoms with E-state index in [1.54, 1.807) is 72.8 Å². The molecule has 14 nitrogen and oxygen atoms in total. The zero-order valence-corrected chi connectivity index (χ0v) is 35.3. The summed E-state index contributed by atoms with van der Waals surface area (Å²) in [6, 6.07) is 37.0. The van der Waals surface area contributed by atoms with Crippen molar-refractivity contribution in [1.29, 1.82) is 0 Å². The third kappa shape index (κ3) is 7.69. The Morgan fingerprint density at radius 2 is 1.25 bits per heavy atom. The molecule has 0 bridgehead atoms. The average molecular weight is 862 g/mol. The quantitative estimate of drug-likeness (QED) is 0.0962. The SMILES string of the molecule is CC(C)C[C@H]1C(=O)N2c3ccccc3[C@](C[C@@H]3NC(=O)c4ccccc4N4C(=O)c5ccccc5NC34)(OC(=O)CCC(=O)OCc3ccccc3)[C@H]2N1C(=O)OCc1ccccc1. The van der Waals surface area contributed by atoms with Crippen LogP contribution in [-0.2, 0) is 47.4 Å². The van der Waals surface area contributed by atoms with Gasteiger partial charge >= 0.3 is 18.0 Å². The third-order valence-corrected chi connectivity index (χ3v) is 12.2. The van der Waals surface area contributed by atoms with E-state index in [1.165, 1.54) is 14.7 Å². The minimum Gasteiger partial charge on any atom is -0.461 e. The van der Waals surface area contributed by atoms with Crippen LogP contribution in [0.3, 0.4) is 0 Å². The Bertz CT molecular complexity index is 2620. The average Bonchev–Trinajstić information content (AvgIpc) is 3.70. The van der Waals surface area contributed by atoms with Gasteiger partial charge in [0.05, 0.1) is 41.4 Å². The second kappa shape index (κ2) is 17.4. The molecular formula is C50H47N5O9. The Morgan fingerprint density at radius 3 is 1.95 bits per heavy atom. The van der Waals surface area contributed by atoms with Gasteiger partial charge in [0.15, 0.2) is 11.8 Å². The van der Waals surface area contributed by atoms with E-state index in [0.717, 1.165) is 11.1 Å². The molecule has 1 unspecified atom stereocenters. The van der Waals surface area contributed by atoms with Gasteiger partial charge in [0.2, 0.25) is 0 Å². The molecule has 14 heteroatoms. The summed E-state index contributed by atoms with van der Waals surface area (Å²) in [6.07, 6.45) is -3.81. The maximum Gasteiger partial charge on any atom is 0.412 e. The number of esters is 2. The molecule has 5 aromatic rings. The largest absolute Gasteiger partial charge is 0.461 e. The van der Waals surface area contributed by atoms with Crippen LogP contribution in [0.4, 0.5) is 21.9 Å². The molecule has 0 aliphatic carbocycles. The van der Waals surface area contributed by atoms with Gasteiger partial charge in [0, 0.05) is 17.7 Å². The van der Waals surface area contributed by atoms with Gasteiger partial charge in [-0.05, 0) is 53.8 Å². The second-order valence-electron chi connectivity index (χ2n) is 16.8. The molecule has 1 fully saturated rings. The third-order valence-electron chi connectivity index (χ3n) is 12.2. The number of fused-ring (bicyclic) bond motifs is 7. The first-order chi connectivity index (χ1) is 31.0. The summed E-state index contributed by atoms with van der Waals surface area (Å²) in [4.78, 5) is 90.7. The van der Waals surface area contributed by atoms with E-state index in [-0.39, 0.29) is 49.9 Å². The number of nitrogens with one attached hydrogen (secondary N) is 2. The lowest BCUT2D eigenvalue weighted by Crippen LogP contribution is -2.63. The molecule has 4 amide bonds. The van der Waals surface area contributed by atoms with Crippen molar-refractivity contribution < 1.29 is 43.0 Å². The van der Waals surface area contributed by atoms with Gasteiger partial charge in [-0.25, -0.2) is 4.79 Å². The highest BCUT2D eigenvalue weighted by Gasteiger charge is 2.67. The topological polar surface area (TPSA) is 164 Å². The Morgan fingerprint density at radius 1 is 0.656 bits per heavy atom. The molecule has 64 heavy (non-hydrogen) atoms. The van der Waals surface area contributed by atoms with Crippen molar-refractivity contribution in [3.63, 3.8) is 0 Å². The maximum absolute atomic E-state index is 14.9. The predicted molar refractivity (Wildman–Crippen MR) is 236 cm³/mol. The summed E-state index contributed by atoms with van der Waals surface area (Å²) in [5.74, 6) is -2.75. The van der Waals surface area contributed by atoms with Crippen molar-refractivity contribution in [2.24, 2.45) is 5.92 Å². The van der Waals surface area contributed by atoms with Crippen LogP contribution in [0.15, 0.2) is 133 Å². The summed E-state index contributed by atoms with van der Waals surface area (Å²) < 4.78 is 18.2. The Balaban J connectivity index is 1.15. The summed E-state index contributed by atoms with van der Waals surface area (Å²) in [6.45, 7) is 3.80. The highest BCUT2D eigenvalue weighted by molar-refractivity contribution is 6.15. The summed E-state index contributed by atoms with van der Waals surface area (Å²) in [7, 11) is 0. The van der Waals surface area contributed by atoms with Gasteiger partial charge < -0.3 is 24.8 Å². The second-order valence-corrected chi connectivity index (χ2v) is 16.8. The summed E-state index contributed by atoms with van der Waals surface area (Å²) in [5, 5.41) is 6.65. The number of hydrogen-bond donors (Lipinski definition) is 2. The van der Waals surface area contributed by atoms with E-state index in [1.807, 2.05) is 74.5 Å². The lowest BCUT2D eigenvalue weighted by Gasteiger charge is -2.45. The van der Waals surface area contributed by atoms with E-state index in [2.05, 4.69) is 10.6 Å². The molecule has 4 aliphatic heterocycles. The van der Waals surface area contributed by atoms with E-state index in [9.17, 15) is 28.8 Å². The van der Waals surface area contributed by atoms with Crippen molar-refractivity contribution >= 4 is 52.8 Å². The lowest BCUT2D eigenvalue weighted by atomic mass is 9.83. The zero-order valence-electron chi connectivity index (χ0n) is 35.3. The van der Waals surface area contributed by atoms with Crippen LogP contribution < -0.4 is 20.4 Å². The van der Waals surface area contributed by atoms with E-state index < -0.39 is 66.3 Å². The molecule has 4 aliphatic rings. The Hall–Kier alpha value is -7.48. The van der Waals surface area contributed by atoms with Crippen LogP contribution in [-0.4, -0.2) is 65.1 Å². The fourth-order valence-electron chi connectivity index (χ4n) is 9.38. The van der Waals surface area contributed by atoms with Crippen LogP contribution in [0.1, 0.15) is 76.9 Å². The summed E-state index contributed by atoms with van der Waals surface area (Å²) in [5.41, 5.74) is 1.92. The fourth-order valence-corrected chi connectivity index (χ4v) is 9.38. The molecule has 0 radical (unpaired) electrons. The molecule has 326 valence electrons. The molecule has 5 atom stereocenters. The Labute approximate surface area is 370 Å². The minimum absolute atomic E-state index is 0.0129. The smallest absolute Gasteiger partial charge is 0.412 e. The number of amides is 4. The van der Waals surface area contributed by atoms with Crippen molar-refractivity contribution in [3.05, 3.63) is 161 Å². The first-order valence-corrected chi connectivity index (χ1v) is 21.5. The predicted octanol–water partition coefficient (Wildman–Crippen LogP) is 7.29. The first kappa shape index (κ1) is 41.9. The number of para-hydroxylation sites is 3. The van der Waals surface area contributed by atoms with Gasteiger partial charge in [0.25, 0.3) is 17.7 Å². The van der Waals surface area contributed by atoms with Gasteiger partial charge in [-0.15, -0.1) is 0 Å². The monoisotopic (exact) mass is 861 g/mol. The molecule has 0 spiro atoms. The molecular weight excluding hydrogens is 815 g/mol. The number of carbonyl (C=O) groups excluding carboxylic acids is 6. The summed E-state index contributed by atoms with van der Waals surface area (Å²) >= 11 is 0. The lowest BCUT2D eigenvalue weighted by molar-refractivity contribution is -0.171. The molecule has 5 aromatic carbocycles. The minimum atomic E-state index is -1.91.